The fourth-order valence-corrected chi connectivity index (χ4v) is 3.24. The maximum absolute atomic E-state index is 12.4. The molecular formula is C14H15F4N5O4S. The number of pyridine rings is 1. The molecule has 2 aromatic heterocycles. The van der Waals surface area contributed by atoms with Gasteiger partial charge in [0.05, 0.1) is 18.3 Å². The highest BCUT2D eigenvalue weighted by atomic mass is 32.2. The number of halogens is 4. The summed E-state index contributed by atoms with van der Waals surface area (Å²) in [7, 11) is -5.69. The molecule has 1 aliphatic rings. The van der Waals surface area contributed by atoms with Gasteiger partial charge in [-0.1, -0.05) is 0 Å². The van der Waals surface area contributed by atoms with Gasteiger partial charge in [0, 0.05) is 13.1 Å². The zero-order chi connectivity index (χ0) is 19.8. The van der Waals surface area contributed by atoms with Crippen molar-refractivity contribution in [1.29, 1.82) is 5.26 Å². The van der Waals surface area contributed by atoms with Gasteiger partial charge in [0.15, 0.2) is 5.65 Å². The van der Waals surface area contributed by atoms with Crippen molar-refractivity contribution < 1.29 is 35.2 Å². The number of rotatable bonds is 4. The van der Waals surface area contributed by atoms with Crippen LogP contribution in [0.5, 0.6) is 0 Å². The third-order valence-corrected chi connectivity index (χ3v) is 4.88. The fraction of sp³-hybridized carbons (Fsp3) is 0.500. The van der Waals surface area contributed by atoms with Crippen LogP contribution in [-0.4, -0.2) is 60.4 Å². The van der Waals surface area contributed by atoms with Gasteiger partial charge >= 0.3 is 15.6 Å². The van der Waals surface area contributed by atoms with Crippen molar-refractivity contribution in [3.05, 3.63) is 24.0 Å². The van der Waals surface area contributed by atoms with Crippen molar-refractivity contribution in [3.8, 4) is 6.07 Å². The molecule has 0 N–H and O–H groups in total. The highest BCUT2D eigenvalue weighted by Gasteiger charge is 2.47. The summed E-state index contributed by atoms with van der Waals surface area (Å²) in [6, 6.07) is 5.18. The minimum absolute atomic E-state index is 0. The van der Waals surface area contributed by atoms with E-state index in [1.807, 2.05) is 6.07 Å². The molecule has 0 radical (unpaired) electrons. The van der Waals surface area contributed by atoms with Crippen molar-refractivity contribution in [2.45, 2.75) is 24.6 Å². The summed E-state index contributed by atoms with van der Waals surface area (Å²) in [5.41, 5.74) is -4.84. The van der Waals surface area contributed by atoms with E-state index < -0.39 is 34.4 Å². The van der Waals surface area contributed by atoms with E-state index >= 15 is 0 Å². The first-order valence-corrected chi connectivity index (χ1v) is 9.12. The molecule has 1 saturated heterocycles. The number of anilines is 1. The molecule has 0 saturated carbocycles. The Morgan fingerprint density at radius 3 is 2.75 bits per heavy atom. The second kappa shape index (κ2) is 7.86. The van der Waals surface area contributed by atoms with E-state index in [1.54, 1.807) is 24.0 Å². The van der Waals surface area contributed by atoms with E-state index in [0.29, 0.717) is 23.6 Å². The molecular weight excluding hydrogens is 410 g/mol. The van der Waals surface area contributed by atoms with Gasteiger partial charge in [-0.05, 0) is 19.1 Å². The molecule has 0 aromatic carbocycles. The third-order valence-electron chi connectivity index (χ3n) is 3.87. The van der Waals surface area contributed by atoms with Crippen molar-refractivity contribution in [2.75, 3.05) is 24.6 Å². The Morgan fingerprint density at radius 2 is 2.11 bits per heavy atom. The lowest BCUT2D eigenvalue weighted by Crippen LogP contribution is -2.49. The van der Waals surface area contributed by atoms with E-state index in [2.05, 4.69) is 14.3 Å². The summed E-state index contributed by atoms with van der Waals surface area (Å²) in [4.78, 5) is 5.78. The summed E-state index contributed by atoms with van der Waals surface area (Å²) in [5.74, 6) is 0.542. The number of hydrogen-bond acceptors (Lipinski definition) is 8. The zero-order valence-electron chi connectivity index (χ0n) is 14.3. The molecule has 0 aliphatic carbocycles. The second-order valence-corrected chi connectivity index (χ2v) is 7.48. The van der Waals surface area contributed by atoms with Gasteiger partial charge in [0.2, 0.25) is 0 Å². The lowest BCUT2D eigenvalue weighted by atomic mass is 10.2. The van der Waals surface area contributed by atoms with Crippen LogP contribution < -0.4 is 4.90 Å². The minimum Gasteiger partial charge on any atom is -0.369 e. The molecule has 28 heavy (non-hydrogen) atoms. The van der Waals surface area contributed by atoms with Gasteiger partial charge < -0.3 is 9.64 Å². The third kappa shape index (κ3) is 4.16. The van der Waals surface area contributed by atoms with E-state index in [-0.39, 0.29) is 11.2 Å². The number of aromatic nitrogens is 3. The van der Waals surface area contributed by atoms with Crippen molar-refractivity contribution >= 4 is 21.6 Å². The monoisotopic (exact) mass is 425 g/mol. The molecule has 0 unspecified atom stereocenters. The summed E-state index contributed by atoms with van der Waals surface area (Å²) < 4.78 is 70.4. The molecule has 3 heterocycles. The van der Waals surface area contributed by atoms with Gasteiger partial charge in [-0.3, -0.25) is 8.89 Å². The summed E-state index contributed by atoms with van der Waals surface area (Å²) in [6.07, 6.45) is -0.0460. The SMILES string of the molecule is C[C@@H]1CN(c2ccc(C#N)c3ncnn23)C[C@H](COS(=O)(=O)C(F)(F)F)O1.F. The smallest absolute Gasteiger partial charge is 0.369 e. The molecule has 0 spiro atoms. The van der Waals surface area contributed by atoms with Gasteiger partial charge in [0.25, 0.3) is 0 Å². The van der Waals surface area contributed by atoms with Gasteiger partial charge in [-0.15, -0.1) is 0 Å². The van der Waals surface area contributed by atoms with E-state index in [1.165, 1.54) is 10.8 Å². The maximum atomic E-state index is 12.4. The lowest BCUT2D eigenvalue weighted by Gasteiger charge is -2.37. The largest absolute Gasteiger partial charge is 0.523 e. The second-order valence-electron chi connectivity index (χ2n) is 5.87. The van der Waals surface area contributed by atoms with E-state index in [0.717, 1.165) is 0 Å². The average molecular weight is 425 g/mol. The van der Waals surface area contributed by atoms with Crippen molar-refractivity contribution in [1.82, 2.24) is 14.6 Å². The molecule has 1 fully saturated rings. The summed E-state index contributed by atoms with van der Waals surface area (Å²) >= 11 is 0. The highest BCUT2D eigenvalue weighted by molar-refractivity contribution is 7.87. The van der Waals surface area contributed by atoms with Crippen LogP contribution in [0.2, 0.25) is 0 Å². The minimum atomic E-state index is -5.69. The standard InChI is InChI=1S/C14H14F3N5O4S.FH/c1-9-5-21(6-11(26-9)7-25-27(23,24)14(15,16)17)12-3-2-10(4-18)13-19-8-20-22(12)13;/h2-3,8-9,11H,5-7H2,1H3;1H/t9-,11-;/m1./s1. The Morgan fingerprint density at radius 1 is 1.39 bits per heavy atom. The van der Waals surface area contributed by atoms with Gasteiger partial charge in [-0.2, -0.15) is 36.5 Å². The van der Waals surface area contributed by atoms with Crippen LogP contribution in [0.15, 0.2) is 18.5 Å². The normalized spacial score (nSPS) is 20.6. The molecule has 2 atom stereocenters. The zero-order valence-corrected chi connectivity index (χ0v) is 15.1. The topological polar surface area (TPSA) is 110 Å². The number of alkyl halides is 3. The van der Waals surface area contributed by atoms with Gasteiger partial charge in [0.1, 0.15) is 24.3 Å². The van der Waals surface area contributed by atoms with Crippen molar-refractivity contribution in [2.24, 2.45) is 0 Å². The van der Waals surface area contributed by atoms with Crippen molar-refractivity contribution in [3.63, 3.8) is 0 Å². The summed E-state index contributed by atoms with van der Waals surface area (Å²) in [6.45, 7) is 1.36. The summed E-state index contributed by atoms with van der Waals surface area (Å²) in [5, 5.41) is 13.2. The Bertz CT molecular complexity index is 988. The molecule has 9 nitrogen and oxygen atoms in total. The number of nitriles is 1. The fourth-order valence-electron chi connectivity index (χ4n) is 2.78. The Hall–Kier alpha value is -2.50. The lowest BCUT2D eigenvalue weighted by molar-refractivity contribution is -0.0657. The predicted octanol–water partition coefficient (Wildman–Crippen LogP) is 1.21. The number of ether oxygens (including phenoxy) is 1. The highest BCUT2D eigenvalue weighted by Crippen LogP contribution is 2.26. The molecule has 3 rings (SSSR count). The Labute approximate surface area is 156 Å². The maximum Gasteiger partial charge on any atom is 0.523 e. The number of hydrogen-bond donors (Lipinski definition) is 0. The molecule has 14 heteroatoms. The van der Waals surface area contributed by atoms with E-state index in [4.69, 9.17) is 10.00 Å². The Balaban J connectivity index is 0.00000280. The average Bonchev–Trinajstić information content (AvgIpc) is 3.07. The number of nitrogens with zero attached hydrogens (tertiary/aromatic N) is 5. The van der Waals surface area contributed by atoms with Crippen LogP contribution in [0, 0.1) is 11.3 Å². The van der Waals surface area contributed by atoms with Crippen LogP contribution >= 0.6 is 0 Å². The molecule has 2 aromatic rings. The molecule has 0 bridgehead atoms. The predicted molar refractivity (Wildman–Crippen MR) is 87.7 cm³/mol. The van der Waals surface area contributed by atoms with Crippen LogP contribution in [0.25, 0.3) is 5.65 Å². The molecule has 154 valence electrons. The Kier molecular flexibility index (Phi) is 6.12. The first-order chi connectivity index (χ1) is 12.6. The first-order valence-electron chi connectivity index (χ1n) is 7.71. The van der Waals surface area contributed by atoms with E-state index in [9.17, 15) is 21.6 Å². The molecule has 1 aliphatic heterocycles. The van der Waals surface area contributed by atoms with Crippen LogP contribution in [0.1, 0.15) is 12.5 Å². The van der Waals surface area contributed by atoms with Crippen LogP contribution in [0.3, 0.4) is 0 Å². The molecule has 0 amide bonds. The quantitative estimate of drug-likeness (QED) is 0.409. The number of morpholine rings is 1. The number of fused-ring (bicyclic) bond motifs is 1. The van der Waals surface area contributed by atoms with Crippen LogP contribution in [-0.2, 0) is 19.0 Å². The van der Waals surface area contributed by atoms with Crippen LogP contribution in [0.4, 0.5) is 23.7 Å². The van der Waals surface area contributed by atoms with Gasteiger partial charge in [-0.25, -0.2) is 4.98 Å². The first kappa shape index (κ1) is 21.8.